The number of aryl methyl sites for hydroxylation is 1. The molecule has 1 amide bonds. The molecule has 3 aromatic carbocycles. The highest BCUT2D eigenvalue weighted by Gasteiger charge is 2.27. The van der Waals surface area contributed by atoms with Crippen LogP contribution in [0.25, 0.3) is 0 Å². The fourth-order valence-corrected chi connectivity index (χ4v) is 5.68. The Labute approximate surface area is 210 Å². The number of carbonyl (C=O) groups excluding carboxylic acids is 1. The lowest BCUT2D eigenvalue weighted by atomic mass is 10.1. The monoisotopic (exact) mass is 516 g/mol. The molecule has 0 spiro atoms. The molecule has 186 valence electrons. The molecule has 6 nitrogen and oxygen atoms in total. The highest BCUT2D eigenvalue weighted by Crippen LogP contribution is 2.26. The van der Waals surface area contributed by atoms with Gasteiger partial charge in [-0.15, -0.1) is 0 Å². The molecule has 35 heavy (non-hydrogen) atoms. The number of sulfonamides is 1. The maximum absolute atomic E-state index is 13.4. The number of rotatable bonds is 12. The Morgan fingerprint density at radius 3 is 2.37 bits per heavy atom. The first kappa shape index (κ1) is 26.6. The van der Waals surface area contributed by atoms with Crippen LogP contribution in [0, 0.1) is 12.7 Å². The summed E-state index contributed by atoms with van der Waals surface area (Å²) < 4.78 is 46.5. The second-order valence-electron chi connectivity index (χ2n) is 7.72. The van der Waals surface area contributed by atoms with Crippen LogP contribution >= 0.6 is 11.8 Å². The van der Waals surface area contributed by atoms with E-state index in [2.05, 4.69) is 24.4 Å². The smallest absolute Gasteiger partial charge is 0.264 e. The van der Waals surface area contributed by atoms with E-state index in [1.54, 1.807) is 36.0 Å². The van der Waals surface area contributed by atoms with Crippen molar-refractivity contribution in [1.82, 2.24) is 5.32 Å². The Kier molecular flexibility index (Phi) is 9.56. The van der Waals surface area contributed by atoms with Gasteiger partial charge in [-0.1, -0.05) is 24.3 Å². The van der Waals surface area contributed by atoms with Gasteiger partial charge in [0.15, 0.2) is 0 Å². The van der Waals surface area contributed by atoms with Crippen molar-refractivity contribution in [2.45, 2.75) is 24.5 Å². The SMILES string of the molecule is CCOc1ccc(N(CC(=O)NCCSCc2ccccc2C)S(=O)(=O)c2ccc(F)cc2)cc1. The van der Waals surface area contributed by atoms with Gasteiger partial charge >= 0.3 is 0 Å². The van der Waals surface area contributed by atoms with Crippen molar-refractivity contribution < 1.29 is 22.3 Å². The standard InChI is InChI=1S/C26H29FN2O4S2/c1-3-33-24-12-10-23(11-13-24)29(35(31,32)25-14-8-22(27)9-15-25)18-26(30)28-16-17-34-19-21-7-5-4-6-20(21)2/h4-15H,3,16-19H2,1-2H3,(H,28,30). The molecule has 0 heterocycles. The number of ether oxygens (including phenoxy) is 1. The van der Waals surface area contributed by atoms with Crippen molar-refractivity contribution in [3.63, 3.8) is 0 Å². The van der Waals surface area contributed by atoms with Crippen LogP contribution < -0.4 is 14.4 Å². The van der Waals surface area contributed by atoms with Crippen LogP contribution in [0.4, 0.5) is 10.1 Å². The Bertz CT molecular complexity index is 1220. The largest absolute Gasteiger partial charge is 0.494 e. The number of anilines is 1. The van der Waals surface area contributed by atoms with E-state index in [0.29, 0.717) is 30.3 Å². The number of hydrogen-bond acceptors (Lipinski definition) is 5. The van der Waals surface area contributed by atoms with E-state index in [9.17, 15) is 17.6 Å². The lowest BCUT2D eigenvalue weighted by Gasteiger charge is -2.24. The number of thioether (sulfide) groups is 1. The molecule has 0 saturated carbocycles. The van der Waals surface area contributed by atoms with E-state index < -0.39 is 28.3 Å². The second-order valence-corrected chi connectivity index (χ2v) is 10.7. The van der Waals surface area contributed by atoms with Crippen molar-refractivity contribution in [3.8, 4) is 5.75 Å². The van der Waals surface area contributed by atoms with Gasteiger partial charge in [-0.3, -0.25) is 9.10 Å². The number of carbonyl (C=O) groups is 1. The minimum atomic E-state index is -4.11. The summed E-state index contributed by atoms with van der Waals surface area (Å²) in [7, 11) is -4.11. The van der Waals surface area contributed by atoms with Crippen molar-refractivity contribution in [2.24, 2.45) is 0 Å². The van der Waals surface area contributed by atoms with Gasteiger partial charge in [0.05, 0.1) is 17.2 Å². The molecule has 1 N–H and O–H groups in total. The zero-order valence-corrected chi connectivity index (χ0v) is 21.4. The molecule has 9 heteroatoms. The first-order chi connectivity index (χ1) is 16.8. The fraction of sp³-hybridized carbons (Fsp3) is 0.269. The quantitative estimate of drug-likeness (QED) is 0.351. The van der Waals surface area contributed by atoms with Crippen LogP contribution in [0.2, 0.25) is 0 Å². The van der Waals surface area contributed by atoms with E-state index in [4.69, 9.17) is 4.74 Å². The molecule has 0 aliphatic carbocycles. The maximum Gasteiger partial charge on any atom is 0.264 e. The molecule has 0 unspecified atom stereocenters. The average Bonchev–Trinajstić information content (AvgIpc) is 2.84. The molecule has 3 rings (SSSR count). The van der Waals surface area contributed by atoms with Crippen molar-refractivity contribution in [3.05, 3.63) is 89.7 Å². The summed E-state index contributed by atoms with van der Waals surface area (Å²) in [5.74, 6) is 1.14. The molecule has 0 aliphatic heterocycles. The summed E-state index contributed by atoms with van der Waals surface area (Å²) in [4.78, 5) is 12.6. The molecule has 0 aliphatic rings. The zero-order valence-electron chi connectivity index (χ0n) is 19.7. The number of benzene rings is 3. The van der Waals surface area contributed by atoms with Gasteiger partial charge < -0.3 is 10.1 Å². The Hall–Kier alpha value is -3.04. The van der Waals surface area contributed by atoms with E-state index in [0.717, 1.165) is 22.2 Å². The van der Waals surface area contributed by atoms with Crippen LogP contribution in [0.5, 0.6) is 5.75 Å². The van der Waals surface area contributed by atoms with E-state index in [-0.39, 0.29) is 4.90 Å². The van der Waals surface area contributed by atoms with Crippen LogP contribution in [0.1, 0.15) is 18.1 Å². The summed E-state index contributed by atoms with van der Waals surface area (Å²) in [6.07, 6.45) is 0. The number of halogens is 1. The Morgan fingerprint density at radius 1 is 1.03 bits per heavy atom. The summed E-state index contributed by atoms with van der Waals surface area (Å²) in [6.45, 7) is 4.39. The first-order valence-electron chi connectivity index (χ1n) is 11.2. The normalized spacial score (nSPS) is 11.2. The van der Waals surface area contributed by atoms with E-state index in [1.807, 2.05) is 19.1 Å². The third-order valence-corrected chi connectivity index (χ3v) is 8.01. The minimum absolute atomic E-state index is 0.102. The summed E-state index contributed by atoms with van der Waals surface area (Å²) in [5.41, 5.74) is 2.78. The molecule has 0 radical (unpaired) electrons. The number of hydrogen-bond donors (Lipinski definition) is 1. The number of nitrogens with zero attached hydrogens (tertiary/aromatic N) is 1. The van der Waals surface area contributed by atoms with Crippen molar-refractivity contribution in [2.75, 3.05) is 29.8 Å². The third-order valence-electron chi connectivity index (χ3n) is 5.21. The van der Waals surface area contributed by atoms with Gasteiger partial charge in [0.25, 0.3) is 10.0 Å². The predicted molar refractivity (Wildman–Crippen MR) is 139 cm³/mol. The predicted octanol–water partition coefficient (Wildman–Crippen LogP) is 4.78. The van der Waals surface area contributed by atoms with Crippen LogP contribution in [0.15, 0.2) is 77.7 Å². The second kappa shape index (κ2) is 12.6. The summed E-state index contributed by atoms with van der Waals surface area (Å²) in [5, 5.41) is 2.80. The van der Waals surface area contributed by atoms with Gasteiger partial charge in [0.2, 0.25) is 5.91 Å². The highest BCUT2D eigenvalue weighted by atomic mass is 32.2. The molecular weight excluding hydrogens is 487 g/mol. The van der Waals surface area contributed by atoms with Gasteiger partial charge in [0.1, 0.15) is 18.1 Å². The van der Waals surface area contributed by atoms with Gasteiger partial charge in [-0.05, 0) is 73.5 Å². The van der Waals surface area contributed by atoms with Gasteiger partial charge in [-0.25, -0.2) is 12.8 Å². The summed E-state index contributed by atoms with van der Waals surface area (Å²) >= 11 is 1.69. The van der Waals surface area contributed by atoms with Crippen LogP contribution in [-0.2, 0) is 20.6 Å². The average molecular weight is 517 g/mol. The maximum atomic E-state index is 13.4. The van der Waals surface area contributed by atoms with Crippen LogP contribution in [-0.4, -0.2) is 39.8 Å². The Morgan fingerprint density at radius 2 is 1.71 bits per heavy atom. The molecule has 0 aromatic heterocycles. The lowest BCUT2D eigenvalue weighted by molar-refractivity contribution is -0.119. The molecule has 0 fully saturated rings. The zero-order chi connectivity index (χ0) is 25.3. The lowest BCUT2D eigenvalue weighted by Crippen LogP contribution is -2.41. The Balaban J connectivity index is 1.67. The van der Waals surface area contributed by atoms with Crippen molar-refractivity contribution >= 4 is 33.4 Å². The molecule has 0 atom stereocenters. The minimum Gasteiger partial charge on any atom is -0.494 e. The van der Waals surface area contributed by atoms with Crippen LogP contribution in [0.3, 0.4) is 0 Å². The molecule has 3 aromatic rings. The highest BCUT2D eigenvalue weighted by molar-refractivity contribution is 7.98. The molecule has 0 saturated heterocycles. The number of amides is 1. The van der Waals surface area contributed by atoms with E-state index in [1.165, 1.54) is 23.3 Å². The number of nitrogens with one attached hydrogen (secondary N) is 1. The topological polar surface area (TPSA) is 75.7 Å². The van der Waals surface area contributed by atoms with Crippen molar-refractivity contribution in [1.29, 1.82) is 0 Å². The van der Waals surface area contributed by atoms with Gasteiger partial charge in [0, 0.05) is 18.1 Å². The molecular formula is C26H29FN2O4S2. The first-order valence-corrected chi connectivity index (χ1v) is 13.8. The van der Waals surface area contributed by atoms with E-state index >= 15 is 0 Å². The molecule has 0 bridgehead atoms. The third kappa shape index (κ3) is 7.47. The van der Waals surface area contributed by atoms with Gasteiger partial charge in [-0.2, -0.15) is 11.8 Å². The fourth-order valence-electron chi connectivity index (χ4n) is 3.33. The summed E-state index contributed by atoms with van der Waals surface area (Å²) in [6, 6.07) is 19.1.